The largest absolute Gasteiger partial charge is 0.493 e. The lowest BCUT2D eigenvalue weighted by Gasteiger charge is -1.99. The Kier molecular flexibility index (Phi) is 1.37. The fourth-order valence-electron chi connectivity index (χ4n) is 0.681. The fourth-order valence-corrected chi connectivity index (χ4v) is 0.681. The molecule has 0 aliphatic carbocycles. The first-order valence-electron chi connectivity index (χ1n) is 2.79. The number of aromatic amines is 1. The van der Waals surface area contributed by atoms with Crippen LogP contribution in [-0.2, 0) is 0 Å². The molecule has 1 heterocycles. The van der Waals surface area contributed by atoms with Crippen LogP contribution >= 0.6 is 0 Å². The van der Waals surface area contributed by atoms with Gasteiger partial charge in [-0.3, -0.25) is 9.78 Å². The molecule has 10 heavy (non-hydrogen) atoms. The zero-order valence-electron chi connectivity index (χ0n) is 5.51. The molecule has 4 heteroatoms. The number of rotatable bonds is 0. The Bertz CT molecular complexity index is 277. The van der Waals surface area contributed by atoms with Crippen LogP contribution in [0.4, 0.5) is 5.69 Å². The molecule has 0 saturated carbocycles. The van der Waals surface area contributed by atoms with E-state index in [2.05, 4.69) is 4.98 Å². The predicted molar refractivity (Wildman–Crippen MR) is 37.9 cm³/mol. The van der Waals surface area contributed by atoms with Crippen molar-refractivity contribution in [2.24, 2.45) is 0 Å². The van der Waals surface area contributed by atoms with Gasteiger partial charge in [-0.25, -0.2) is 0 Å². The first-order valence-corrected chi connectivity index (χ1v) is 2.79. The van der Waals surface area contributed by atoms with Crippen molar-refractivity contribution in [1.82, 2.24) is 4.98 Å². The number of pyridine rings is 1. The van der Waals surface area contributed by atoms with Gasteiger partial charge in [0.2, 0.25) is 5.88 Å². The summed E-state index contributed by atoms with van der Waals surface area (Å²) in [5.41, 5.74) is 5.79. The van der Waals surface area contributed by atoms with Crippen LogP contribution in [0.25, 0.3) is 0 Å². The van der Waals surface area contributed by atoms with E-state index in [0.717, 1.165) is 0 Å². The first kappa shape index (κ1) is 6.67. The maximum absolute atomic E-state index is 10.6. The number of nitrogen functional groups attached to an aromatic ring is 1. The second-order valence-corrected chi connectivity index (χ2v) is 2.08. The lowest BCUT2D eigenvalue weighted by atomic mass is 10.2. The summed E-state index contributed by atoms with van der Waals surface area (Å²) in [7, 11) is 0. The number of aromatic hydroxyl groups is 1. The molecule has 0 bridgehead atoms. The van der Waals surface area contributed by atoms with Crippen LogP contribution in [0.1, 0.15) is 5.56 Å². The molecule has 4 N–H and O–H groups in total. The minimum Gasteiger partial charge on any atom is -0.493 e. The average Bonchev–Trinajstić information content (AvgIpc) is 1.82. The molecule has 0 radical (unpaired) electrons. The van der Waals surface area contributed by atoms with Crippen molar-refractivity contribution >= 4 is 5.69 Å². The van der Waals surface area contributed by atoms with Crippen LogP contribution in [0.2, 0.25) is 0 Å². The predicted octanol–water partition coefficient (Wildman–Crippen LogP) is -0.0289. The molecule has 0 aliphatic heterocycles. The van der Waals surface area contributed by atoms with E-state index < -0.39 is 0 Å². The van der Waals surface area contributed by atoms with Gasteiger partial charge in [0.1, 0.15) is 0 Å². The quantitative estimate of drug-likeness (QED) is 0.473. The van der Waals surface area contributed by atoms with Crippen molar-refractivity contribution in [1.29, 1.82) is 0 Å². The molecule has 1 aromatic rings. The summed E-state index contributed by atoms with van der Waals surface area (Å²) < 4.78 is 0. The number of hydrogen-bond donors (Lipinski definition) is 3. The van der Waals surface area contributed by atoms with Crippen LogP contribution in [0.3, 0.4) is 0 Å². The number of nitrogens with two attached hydrogens (primary N) is 1. The third-order valence-corrected chi connectivity index (χ3v) is 1.27. The van der Waals surface area contributed by atoms with Crippen molar-refractivity contribution in [3.8, 4) is 5.88 Å². The van der Waals surface area contributed by atoms with Gasteiger partial charge in [0.25, 0.3) is 5.56 Å². The number of nitrogens with one attached hydrogen (secondary N) is 1. The van der Waals surface area contributed by atoms with E-state index in [-0.39, 0.29) is 17.1 Å². The standard InChI is InChI=1S/C6H8N2O2/c1-3-2-4(9)8-6(10)5(3)7/h2H,7H2,1H3,(H2,8,9,10). The van der Waals surface area contributed by atoms with Crippen molar-refractivity contribution in [3.05, 3.63) is 22.0 Å². The third kappa shape index (κ3) is 0.953. The van der Waals surface area contributed by atoms with E-state index in [1.807, 2.05) is 0 Å². The summed E-state index contributed by atoms with van der Waals surface area (Å²) in [6, 6.07) is 1.33. The van der Waals surface area contributed by atoms with Gasteiger partial charge < -0.3 is 10.8 Å². The van der Waals surface area contributed by atoms with E-state index >= 15 is 0 Å². The zero-order chi connectivity index (χ0) is 7.72. The second-order valence-electron chi connectivity index (χ2n) is 2.08. The Morgan fingerprint density at radius 1 is 1.70 bits per heavy atom. The molecule has 0 atom stereocenters. The highest BCUT2D eigenvalue weighted by atomic mass is 16.3. The van der Waals surface area contributed by atoms with Crippen LogP contribution in [-0.4, -0.2) is 10.1 Å². The van der Waals surface area contributed by atoms with Gasteiger partial charge in [0.05, 0.1) is 5.69 Å². The number of aryl methyl sites for hydroxylation is 1. The highest BCUT2D eigenvalue weighted by Gasteiger charge is 1.99. The van der Waals surface area contributed by atoms with Crippen LogP contribution in [0.5, 0.6) is 5.88 Å². The molecule has 1 rings (SSSR count). The minimum absolute atomic E-state index is 0.222. The van der Waals surface area contributed by atoms with Gasteiger partial charge in [-0.2, -0.15) is 0 Å². The Balaban J connectivity index is 3.46. The topological polar surface area (TPSA) is 79.1 Å². The van der Waals surface area contributed by atoms with Crippen molar-refractivity contribution in [2.45, 2.75) is 6.92 Å². The van der Waals surface area contributed by atoms with E-state index in [0.29, 0.717) is 5.56 Å². The Morgan fingerprint density at radius 2 is 2.30 bits per heavy atom. The number of anilines is 1. The van der Waals surface area contributed by atoms with Gasteiger partial charge in [0.15, 0.2) is 0 Å². The van der Waals surface area contributed by atoms with Crippen molar-refractivity contribution < 1.29 is 5.11 Å². The van der Waals surface area contributed by atoms with Crippen LogP contribution in [0, 0.1) is 6.92 Å². The summed E-state index contributed by atoms with van der Waals surface area (Å²) in [6.07, 6.45) is 0. The van der Waals surface area contributed by atoms with Gasteiger partial charge in [-0.1, -0.05) is 0 Å². The first-order chi connectivity index (χ1) is 4.61. The molecular weight excluding hydrogens is 132 g/mol. The molecule has 0 spiro atoms. The van der Waals surface area contributed by atoms with E-state index in [1.54, 1.807) is 6.92 Å². The smallest absolute Gasteiger partial charge is 0.251 e. The molecular formula is C6H8N2O2. The highest BCUT2D eigenvalue weighted by molar-refractivity contribution is 5.52. The molecule has 0 fully saturated rings. The van der Waals surface area contributed by atoms with Crippen LogP contribution < -0.4 is 11.3 Å². The zero-order valence-corrected chi connectivity index (χ0v) is 5.51. The van der Waals surface area contributed by atoms with E-state index in [1.165, 1.54) is 6.07 Å². The van der Waals surface area contributed by atoms with Gasteiger partial charge in [0, 0.05) is 6.07 Å². The summed E-state index contributed by atoms with van der Waals surface area (Å²) in [5, 5.41) is 8.90. The number of aromatic nitrogens is 1. The monoisotopic (exact) mass is 140 g/mol. The minimum atomic E-state index is -0.343. The van der Waals surface area contributed by atoms with Gasteiger partial charge in [-0.15, -0.1) is 0 Å². The average molecular weight is 140 g/mol. The number of H-pyrrole nitrogens is 1. The summed E-state index contributed by atoms with van der Waals surface area (Å²) in [6.45, 7) is 1.66. The molecule has 0 saturated heterocycles. The third-order valence-electron chi connectivity index (χ3n) is 1.27. The summed E-state index contributed by atoms with van der Waals surface area (Å²) in [5.74, 6) is -0.259. The van der Waals surface area contributed by atoms with Crippen molar-refractivity contribution in [3.63, 3.8) is 0 Å². The molecule has 1 aromatic heterocycles. The maximum Gasteiger partial charge on any atom is 0.251 e. The lowest BCUT2D eigenvalue weighted by Crippen LogP contribution is -2.06. The summed E-state index contributed by atoms with van der Waals surface area (Å²) >= 11 is 0. The Hall–Kier alpha value is -1.45. The molecule has 4 nitrogen and oxygen atoms in total. The SMILES string of the molecule is Cc1cc(=O)[nH]c(O)c1N. The normalized spacial score (nSPS) is 9.70. The fraction of sp³-hybridized carbons (Fsp3) is 0.167. The lowest BCUT2D eigenvalue weighted by molar-refractivity contribution is 0.454. The van der Waals surface area contributed by atoms with Crippen LogP contribution in [0.15, 0.2) is 10.9 Å². The molecule has 0 unspecified atom stereocenters. The molecule has 54 valence electrons. The Labute approximate surface area is 57.3 Å². The number of hydrogen-bond acceptors (Lipinski definition) is 3. The molecule has 0 aromatic carbocycles. The molecule has 0 aliphatic rings. The molecule has 0 amide bonds. The maximum atomic E-state index is 10.6. The Morgan fingerprint density at radius 3 is 2.80 bits per heavy atom. The van der Waals surface area contributed by atoms with Gasteiger partial charge >= 0.3 is 0 Å². The van der Waals surface area contributed by atoms with E-state index in [4.69, 9.17) is 10.8 Å². The highest BCUT2D eigenvalue weighted by Crippen LogP contribution is 2.16. The van der Waals surface area contributed by atoms with Crippen molar-refractivity contribution in [2.75, 3.05) is 5.73 Å². The van der Waals surface area contributed by atoms with E-state index in [9.17, 15) is 4.79 Å². The summed E-state index contributed by atoms with van der Waals surface area (Å²) in [4.78, 5) is 12.7. The second kappa shape index (κ2) is 2.06. The van der Waals surface area contributed by atoms with Gasteiger partial charge in [-0.05, 0) is 12.5 Å².